The minimum atomic E-state index is 0. The van der Waals surface area contributed by atoms with E-state index in [1.807, 2.05) is 0 Å². The van der Waals surface area contributed by atoms with Crippen molar-refractivity contribution in [1.82, 2.24) is 27.3 Å². The van der Waals surface area contributed by atoms with Crippen LogP contribution in [0.25, 0.3) is 0 Å². The molecule has 2 atom stereocenters. The second-order valence-corrected chi connectivity index (χ2v) is 8.25. The highest BCUT2D eigenvalue weighted by Crippen LogP contribution is 2.22. The zero-order valence-corrected chi connectivity index (χ0v) is 19.9. The zero-order valence-electron chi connectivity index (χ0n) is 19.0. The minimum Gasteiger partial charge on any atom is -0.350 e. The molecule has 2 aromatic rings. The molecule has 11 heteroatoms. The third kappa shape index (κ3) is 6.88. The molecule has 11 N–H and O–H groups in total. The molecule has 184 valence electrons. The Morgan fingerprint density at radius 3 is 2.16 bits per heavy atom. The number of halogens is 1. The fraction of sp³-hybridized carbons (Fsp3) is 0.571. The molecule has 3 heterocycles. The molecule has 1 aromatic carbocycles. The Morgan fingerprint density at radius 2 is 1.53 bits per heavy atom. The van der Waals surface area contributed by atoms with Crippen molar-refractivity contribution in [2.75, 3.05) is 41.3 Å². The average Bonchev–Trinajstić information content (AvgIpc) is 2.73. The Hall–Kier alpha value is -2.24. The first kappa shape index (κ1) is 27.8. The maximum absolute atomic E-state index is 6.20. The fourth-order valence-corrected chi connectivity index (χ4v) is 4.13. The molecule has 32 heavy (non-hydrogen) atoms. The van der Waals surface area contributed by atoms with Crippen LogP contribution < -0.4 is 38.9 Å². The van der Waals surface area contributed by atoms with Crippen LogP contribution in [-0.4, -0.2) is 53.2 Å². The summed E-state index contributed by atoms with van der Waals surface area (Å²) in [6, 6.07) is 8.43. The number of aryl methyl sites for hydroxylation is 1. The standard InChI is InChI=1S/C21H32N8.ClH.2H3N.2H2/c1-15-7-3-4-8-16(15)12-24-19-25-20(28-9-5-2-6-10-28)27-21(26-19)29-13-17(22)11-18(23)14-29;;;;;/h3-4,7-8,17-18H,2,5-6,9-14,22-23H2,1H3,(H,24,25,26,27);1H;2*1H3;2*1H/t17-,18+;;;;;. The van der Waals surface area contributed by atoms with Crippen molar-refractivity contribution < 1.29 is 2.85 Å². The Labute approximate surface area is 200 Å². The minimum absolute atomic E-state index is 0. The van der Waals surface area contributed by atoms with Gasteiger partial charge >= 0.3 is 0 Å². The van der Waals surface area contributed by atoms with Gasteiger partial charge < -0.3 is 38.9 Å². The van der Waals surface area contributed by atoms with Crippen molar-refractivity contribution in [2.24, 2.45) is 11.5 Å². The van der Waals surface area contributed by atoms with Gasteiger partial charge in [0.1, 0.15) is 0 Å². The summed E-state index contributed by atoms with van der Waals surface area (Å²) >= 11 is 0. The molecular formula is C21H43ClN10. The topological polar surface area (TPSA) is 179 Å². The Bertz CT molecular complexity index is 831. The summed E-state index contributed by atoms with van der Waals surface area (Å²) in [6.45, 7) is 6.20. The molecule has 2 fully saturated rings. The van der Waals surface area contributed by atoms with Gasteiger partial charge in [-0.3, -0.25) is 0 Å². The number of nitrogens with one attached hydrogen (secondary N) is 1. The van der Waals surface area contributed by atoms with E-state index in [2.05, 4.69) is 46.3 Å². The molecule has 10 nitrogen and oxygen atoms in total. The van der Waals surface area contributed by atoms with Gasteiger partial charge in [0, 0.05) is 47.7 Å². The largest absolute Gasteiger partial charge is 0.350 e. The van der Waals surface area contributed by atoms with Crippen LogP contribution >= 0.6 is 12.4 Å². The van der Waals surface area contributed by atoms with E-state index in [-0.39, 0.29) is 39.6 Å². The highest BCUT2D eigenvalue weighted by molar-refractivity contribution is 5.85. The summed E-state index contributed by atoms with van der Waals surface area (Å²) < 4.78 is 0. The van der Waals surface area contributed by atoms with Crippen LogP contribution in [0.5, 0.6) is 0 Å². The van der Waals surface area contributed by atoms with Gasteiger partial charge in [-0.1, -0.05) is 24.3 Å². The number of nitrogens with zero attached hydrogens (tertiary/aromatic N) is 5. The van der Waals surface area contributed by atoms with Gasteiger partial charge in [-0.25, -0.2) is 0 Å². The lowest BCUT2D eigenvalue weighted by Gasteiger charge is -2.35. The van der Waals surface area contributed by atoms with E-state index in [4.69, 9.17) is 26.4 Å². The van der Waals surface area contributed by atoms with Crippen LogP contribution in [0.3, 0.4) is 0 Å². The van der Waals surface area contributed by atoms with Crippen molar-refractivity contribution >= 4 is 30.3 Å². The first-order valence-corrected chi connectivity index (χ1v) is 10.6. The molecule has 2 aliphatic heterocycles. The van der Waals surface area contributed by atoms with Crippen LogP contribution in [0.1, 0.15) is 39.7 Å². The lowest BCUT2D eigenvalue weighted by atomic mass is 10.0. The first-order valence-electron chi connectivity index (χ1n) is 10.6. The molecule has 0 unspecified atom stereocenters. The van der Waals surface area contributed by atoms with E-state index < -0.39 is 0 Å². The predicted octanol–water partition coefficient (Wildman–Crippen LogP) is 2.88. The molecule has 0 bridgehead atoms. The van der Waals surface area contributed by atoms with Gasteiger partial charge in [0.05, 0.1) is 0 Å². The first-order chi connectivity index (χ1) is 14.1. The number of piperidine rings is 2. The van der Waals surface area contributed by atoms with Gasteiger partial charge in [0.2, 0.25) is 17.8 Å². The zero-order chi connectivity index (χ0) is 20.2. The molecule has 0 aliphatic carbocycles. The van der Waals surface area contributed by atoms with Crippen molar-refractivity contribution in [1.29, 1.82) is 0 Å². The van der Waals surface area contributed by atoms with Crippen molar-refractivity contribution in [3.05, 3.63) is 35.4 Å². The van der Waals surface area contributed by atoms with Crippen LogP contribution in [0.2, 0.25) is 0 Å². The number of aromatic nitrogens is 3. The van der Waals surface area contributed by atoms with Gasteiger partial charge in [-0.15, -0.1) is 12.4 Å². The molecule has 2 aliphatic rings. The molecule has 2 saturated heterocycles. The highest BCUT2D eigenvalue weighted by atomic mass is 35.5. The van der Waals surface area contributed by atoms with E-state index in [0.717, 1.165) is 25.5 Å². The number of anilines is 3. The molecule has 4 rings (SSSR count). The molecule has 0 saturated carbocycles. The fourth-order valence-electron chi connectivity index (χ4n) is 4.13. The third-order valence-electron chi connectivity index (χ3n) is 5.75. The smallest absolute Gasteiger partial charge is 0.232 e. The highest BCUT2D eigenvalue weighted by Gasteiger charge is 2.26. The van der Waals surface area contributed by atoms with Crippen LogP contribution in [0, 0.1) is 6.92 Å². The summed E-state index contributed by atoms with van der Waals surface area (Å²) in [5.74, 6) is 2.01. The van der Waals surface area contributed by atoms with Gasteiger partial charge in [-0.2, -0.15) is 15.0 Å². The van der Waals surface area contributed by atoms with Crippen molar-refractivity contribution in [3.8, 4) is 0 Å². The number of nitrogens with two attached hydrogens (primary N) is 2. The SMILES string of the molecule is Cc1ccccc1CNc1nc(N2CCCCC2)nc(N2C[C@H](N)C[C@H](N)C2)n1.Cl.N.N.[HH].[HH]. The average molecular weight is 471 g/mol. The molecular weight excluding hydrogens is 428 g/mol. The Kier molecular flexibility index (Phi) is 11.0. The van der Waals surface area contributed by atoms with Crippen LogP contribution in [0.15, 0.2) is 24.3 Å². The molecule has 0 radical (unpaired) electrons. The summed E-state index contributed by atoms with van der Waals surface area (Å²) in [6.07, 6.45) is 4.44. The number of benzene rings is 1. The number of hydrogen-bond donors (Lipinski definition) is 5. The van der Waals surface area contributed by atoms with E-state index in [9.17, 15) is 0 Å². The summed E-state index contributed by atoms with van der Waals surface area (Å²) in [7, 11) is 0. The lowest BCUT2D eigenvalue weighted by molar-refractivity contribution is 0.446. The third-order valence-corrected chi connectivity index (χ3v) is 5.75. The summed E-state index contributed by atoms with van der Waals surface area (Å²) in [5, 5.41) is 3.41. The number of hydrogen-bond acceptors (Lipinski definition) is 10. The van der Waals surface area contributed by atoms with Crippen LogP contribution in [0.4, 0.5) is 17.8 Å². The van der Waals surface area contributed by atoms with E-state index in [0.29, 0.717) is 31.5 Å². The second kappa shape index (κ2) is 12.7. The predicted molar refractivity (Wildman–Crippen MR) is 139 cm³/mol. The van der Waals surface area contributed by atoms with Gasteiger partial charge in [-0.05, 0) is 43.7 Å². The molecule has 1 aromatic heterocycles. The van der Waals surface area contributed by atoms with Crippen molar-refractivity contribution in [2.45, 2.75) is 51.2 Å². The Morgan fingerprint density at radius 1 is 0.938 bits per heavy atom. The van der Waals surface area contributed by atoms with E-state index >= 15 is 0 Å². The van der Waals surface area contributed by atoms with Gasteiger partial charge in [0.15, 0.2) is 0 Å². The summed E-state index contributed by atoms with van der Waals surface area (Å²) in [5.41, 5.74) is 14.9. The number of rotatable bonds is 5. The maximum atomic E-state index is 6.20. The van der Waals surface area contributed by atoms with E-state index in [1.54, 1.807) is 0 Å². The quantitative estimate of drug-likeness (QED) is 0.435. The van der Waals surface area contributed by atoms with E-state index in [1.165, 1.54) is 30.4 Å². The maximum Gasteiger partial charge on any atom is 0.232 e. The molecule has 0 amide bonds. The van der Waals surface area contributed by atoms with Gasteiger partial charge in [0.25, 0.3) is 0 Å². The van der Waals surface area contributed by atoms with Crippen molar-refractivity contribution in [3.63, 3.8) is 0 Å². The lowest BCUT2D eigenvalue weighted by Crippen LogP contribution is -2.53. The summed E-state index contributed by atoms with van der Waals surface area (Å²) in [4.78, 5) is 18.6. The van der Waals surface area contributed by atoms with Crippen LogP contribution in [-0.2, 0) is 6.54 Å². The molecule has 0 spiro atoms. The Balaban J connectivity index is 0. The second-order valence-electron chi connectivity index (χ2n) is 8.25. The normalized spacial score (nSPS) is 20.5. The monoisotopic (exact) mass is 470 g/mol.